The lowest BCUT2D eigenvalue weighted by Crippen LogP contribution is -2.36. The summed E-state index contributed by atoms with van der Waals surface area (Å²) in [6.45, 7) is 2.36. The molecule has 100 valence electrons. The van der Waals surface area contributed by atoms with E-state index in [2.05, 4.69) is 15.6 Å². The molecule has 1 unspecified atom stereocenters. The number of aliphatic imine (C=N–C) groups is 1. The highest BCUT2D eigenvalue weighted by Crippen LogP contribution is 2.27. The predicted octanol–water partition coefficient (Wildman–Crippen LogP) is 0.629. The van der Waals surface area contributed by atoms with Crippen molar-refractivity contribution in [2.24, 2.45) is 4.99 Å². The lowest BCUT2D eigenvalue weighted by molar-refractivity contribution is -0.384. The van der Waals surface area contributed by atoms with Gasteiger partial charge in [0, 0.05) is 18.2 Å². The zero-order valence-electron chi connectivity index (χ0n) is 10.1. The number of aromatic hydroxyl groups is 1. The number of carbonyl (C=O) groups excluding carboxylic acids is 1. The Labute approximate surface area is 108 Å². The van der Waals surface area contributed by atoms with Crippen LogP contribution in [0.2, 0.25) is 0 Å². The van der Waals surface area contributed by atoms with Crippen LogP contribution in [0.5, 0.6) is 5.75 Å². The molecule has 0 aromatic heterocycles. The summed E-state index contributed by atoms with van der Waals surface area (Å²) in [5.41, 5.74) is -0.244. The second-order valence-corrected chi connectivity index (χ2v) is 4.15. The molecule has 0 saturated heterocycles. The lowest BCUT2D eigenvalue weighted by atomic mass is 10.2. The van der Waals surface area contributed by atoms with Gasteiger partial charge in [-0.25, -0.2) is 0 Å². The van der Waals surface area contributed by atoms with Gasteiger partial charge in [-0.1, -0.05) is 0 Å². The van der Waals surface area contributed by atoms with E-state index in [-0.39, 0.29) is 29.0 Å². The molecule has 0 bridgehead atoms. The van der Waals surface area contributed by atoms with E-state index in [9.17, 15) is 20.0 Å². The number of hydrogen-bond acceptors (Lipinski definition) is 6. The van der Waals surface area contributed by atoms with Gasteiger partial charge in [-0.15, -0.1) is 0 Å². The van der Waals surface area contributed by atoms with Gasteiger partial charge in [0.2, 0.25) is 0 Å². The number of carbonyl (C=O) groups is 1. The largest absolute Gasteiger partial charge is 0.506 e. The molecule has 1 heterocycles. The van der Waals surface area contributed by atoms with E-state index in [0.29, 0.717) is 6.54 Å². The number of nitro benzene ring substituents is 1. The van der Waals surface area contributed by atoms with E-state index in [1.165, 1.54) is 0 Å². The summed E-state index contributed by atoms with van der Waals surface area (Å²) in [6, 6.07) is 3.46. The number of non-ortho nitro benzene ring substituents is 1. The third-order valence-electron chi connectivity index (χ3n) is 2.56. The van der Waals surface area contributed by atoms with Crippen molar-refractivity contribution in [1.29, 1.82) is 0 Å². The summed E-state index contributed by atoms with van der Waals surface area (Å²) < 4.78 is 0. The highest BCUT2D eigenvalue weighted by atomic mass is 16.6. The lowest BCUT2D eigenvalue weighted by Gasteiger charge is -2.08. The number of amidine groups is 1. The first-order valence-corrected chi connectivity index (χ1v) is 5.57. The minimum atomic E-state index is -0.609. The van der Waals surface area contributed by atoms with E-state index >= 15 is 0 Å². The maximum absolute atomic E-state index is 11.8. The fraction of sp³-hybridized carbons (Fsp3) is 0.273. The summed E-state index contributed by atoms with van der Waals surface area (Å²) in [4.78, 5) is 25.8. The number of hydrogen-bond donors (Lipinski definition) is 3. The Kier molecular flexibility index (Phi) is 3.32. The van der Waals surface area contributed by atoms with E-state index < -0.39 is 10.8 Å². The van der Waals surface area contributed by atoms with Crippen molar-refractivity contribution >= 4 is 23.1 Å². The fourth-order valence-corrected chi connectivity index (χ4v) is 1.61. The third-order valence-corrected chi connectivity index (χ3v) is 2.56. The monoisotopic (exact) mass is 264 g/mol. The number of nitrogens with one attached hydrogen (secondary N) is 2. The molecule has 3 N–H and O–H groups in total. The minimum Gasteiger partial charge on any atom is -0.506 e. The van der Waals surface area contributed by atoms with Gasteiger partial charge in [-0.2, -0.15) is 0 Å². The van der Waals surface area contributed by atoms with Crippen molar-refractivity contribution in [2.45, 2.75) is 13.0 Å². The fourth-order valence-electron chi connectivity index (χ4n) is 1.61. The highest BCUT2D eigenvalue weighted by Gasteiger charge is 2.21. The molecule has 1 aromatic carbocycles. The summed E-state index contributed by atoms with van der Waals surface area (Å²) in [7, 11) is 0. The third kappa shape index (κ3) is 2.79. The Hall–Kier alpha value is -2.64. The molecular weight excluding hydrogens is 252 g/mol. The minimum absolute atomic E-state index is 0.0248. The standard InChI is InChI=1S/C11H12N4O4/c1-6-5-12-10(13-6)11(17)14-8-4-7(15(18)19)2-3-9(8)16/h2-4,6,16H,5H2,1H3,(H,12,13)(H,14,17). The molecule has 1 amide bonds. The van der Waals surface area contributed by atoms with E-state index in [1.54, 1.807) is 0 Å². The second kappa shape index (κ2) is 4.92. The van der Waals surface area contributed by atoms with Crippen LogP contribution < -0.4 is 10.6 Å². The van der Waals surface area contributed by atoms with Gasteiger partial charge >= 0.3 is 0 Å². The molecular formula is C11H12N4O4. The van der Waals surface area contributed by atoms with Crippen molar-refractivity contribution in [1.82, 2.24) is 5.32 Å². The van der Waals surface area contributed by atoms with E-state index in [4.69, 9.17) is 0 Å². The van der Waals surface area contributed by atoms with Gasteiger partial charge in [0.25, 0.3) is 11.6 Å². The summed E-state index contributed by atoms with van der Waals surface area (Å²) in [6.07, 6.45) is 0. The topological polar surface area (TPSA) is 117 Å². The number of rotatable bonds is 3. The smallest absolute Gasteiger partial charge is 0.290 e. The Morgan fingerprint density at radius 2 is 2.37 bits per heavy atom. The van der Waals surface area contributed by atoms with Gasteiger partial charge in [-0.05, 0) is 13.0 Å². The zero-order chi connectivity index (χ0) is 14.0. The second-order valence-electron chi connectivity index (χ2n) is 4.15. The Morgan fingerprint density at radius 3 is 2.95 bits per heavy atom. The normalized spacial score (nSPS) is 17.5. The molecule has 0 saturated carbocycles. The van der Waals surface area contributed by atoms with E-state index in [1.807, 2.05) is 6.92 Å². The zero-order valence-corrected chi connectivity index (χ0v) is 10.1. The van der Waals surface area contributed by atoms with Crippen LogP contribution in [0.3, 0.4) is 0 Å². The Balaban J connectivity index is 2.17. The first kappa shape index (κ1) is 12.8. The number of anilines is 1. The van der Waals surface area contributed by atoms with Crippen LogP contribution in [0.1, 0.15) is 6.92 Å². The molecule has 1 aliphatic heterocycles. The van der Waals surface area contributed by atoms with Crippen LogP contribution in [0.15, 0.2) is 23.2 Å². The van der Waals surface area contributed by atoms with E-state index in [0.717, 1.165) is 18.2 Å². The molecule has 1 aliphatic rings. The predicted molar refractivity (Wildman–Crippen MR) is 68.3 cm³/mol. The van der Waals surface area contributed by atoms with Crippen LogP contribution in [-0.4, -0.2) is 34.4 Å². The number of nitrogens with zero attached hydrogens (tertiary/aromatic N) is 2. The first-order chi connectivity index (χ1) is 8.97. The van der Waals surface area contributed by atoms with Crippen molar-refractivity contribution in [2.75, 3.05) is 11.9 Å². The Morgan fingerprint density at radius 1 is 1.63 bits per heavy atom. The molecule has 19 heavy (non-hydrogen) atoms. The number of phenols is 1. The summed E-state index contributed by atoms with van der Waals surface area (Å²) in [5.74, 6) is -0.635. The number of amides is 1. The number of phenolic OH excluding ortho intramolecular Hbond substituents is 1. The number of nitro groups is 1. The molecule has 0 fully saturated rings. The molecule has 1 atom stereocenters. The van der Waals surface area contributed by atoms with Gasteiger partial charge in [0.15, 0.2) is 5.84 Å². The maximum Gasteiger partial charge on any atom is 0.290 e. The molecule has 8 nitrogen and oxygen atoms in total. The van der Waals surface area contributed by atoms with Crippen molar-refractivity contribution in [3.63, 3.8) is 0 Å². The molecule has 1 aromatic rings. The van der Waals surface area contributed by atoms with Crippen LogP contribution >= 0.6 is 0 Å². The van der Waals surface area contributed by atoms with Crippen molar-refractivity contribution in [3.05, 3.63) is 28.3 Å². The molecule has 8 heteroatoms. The van der Waals surface area contributed by atoms with Crippen LogP contribution in [0.4, 0.5) is 11.4 Å². The molecule has 2 rings (SSSR count). The molecule has 0 spiro atoms. The molecule has 0 aliphatic carbocycles. The van der Waals surface area contributed by atoms with Crippen molar-refractivity contribution in [3.8, 4) is 5.75 Å². The van der Waals surface area contributed by atoms with Crippen LogP contribution in [-0.2, 0) is 4.79 Å². The average molecular weight is 264 g/mol. The number of benzene rings is 1. The summed E-state index contributed by atoms with van der Waals surface area (Å²) in [5, 5.41) is 25.4. The summed E-state index contributed by atoms with van der Waals surface area (Å²) >= 11 is 0. The average Bonchev–Trinajstić information content (AvgIpc) is 2.78. The van der Waals surface area contributed by atoms with Crippen LogP contribution in [0, 0.1) is 10.1 Å². The van der Waals surface area contributed by atoms with Gasteiger partial charge in [0.1, 0.15) is 5.75 Å². The maximum atomic E-state index is 11.8. The van der Waals surface area contributed by atoms with Gasteiger partial charge < -0.3 is 15.7 Å². The van der Waals surface area contributed by atoms with Gasteiger partial charge in [0.05, 0.1) is 17.2 Å². The highest BCUT2D eigenvalue weighted by molar-refractivity contribution is 6.42. The van der Waals surface area contributed by atoms with Crippen LogP contribution in [0.25, 0.3) is 0 Å². The van der Waals surface area contributed by atoms with Gasteiger partial charge in [-0.3, -0.25) is 19.9 Å². The SMILES string of the molecule is CC1CN=C(C(=O)Nc2cc([N+](=O)[O-])ccc2O)N1. The van der Waals surface area contributed by atoms with Crippen molar-refractivity contribution < 1.29 is 14.8 Å². The first-order valence-electron chi connectivity index (χ1n) is 5.57. The molecule has 0 radical (unpaired) electrons. The Bertz CT molecular complexity index is 570. The quantitative estimate of drug-likeness (QED) is 0.420.